The van der Waals surface area contributed by atoms with Gasteiger partial charge in [0.25, 0.3) is 0 Å². The molecule has 2 aliphatic carbocycles. The molecule has 0 amide bonds. The summed E-state index contributed by atoms with van der Waals surface area (Å²) in [5.41, 5.74) is 0.708. The van der Waals surface area contributed by atoms with Gasteiger partial charge < -0.3 is 4.74 Å². The molecule has 2 aliphatic rings. The minimum Gasteiger partial charge on any atom is -0.463 e. The Bertz CT molecular complexity index is 303. The molecule has 2 fully saturated rings. The van der Waals surface area contributed by atoms with Crippen molar-refractivity contribution in [3.05, 3.63) is 12.2 Å². The normalized spacial score (nSPS) is 23.8. The smallest absolute Gasteiger partial charge is 0.330 e. The summed E-state index contributed by atoms with van der Waals surface area (Å²) in [6.45, 7) is 2.31. The first-order valence-corrected chi connectivity index (χ1v) is 8.07. The zero-order valence-electron chi connectivity index (χ0n) is 12.3. The van der Waals surface area contributed by atoms with Gasteiger partial charge in [-0.2, -0.15) is 0 Å². The van der Waals surface area contributed by atoms with Gasteiger partial charge in [0.2, 0.25) is 0 Å². The van der Waals surface area contributed by atoms with Gasteiger partial charge in [-0.1, -0.05) is 25.3 Å². The zero-order valence-corrected chi connectivity index (χ0v) is 12.3. The zero-order chi connectivity index (χ0) is 13.6. The predicted molar refractivity (Wildman–Crippen MR) is 77.9 cm³/mol. The molecule has 0 unspecified atom stereocenters. The van der Waals surface area contributed by atoms with Crippen molar-refractivity contribution in [1.29, 1.82) is 0 Å². The number of ether oxygens (including phenoxy) is 1. The van der Waals surface area contributed by atoms with Crippen molar-refractivity contribution in [3.8, 4) is 0 Å². The van der Waals surface area contributed by atoms with Crippen LogP contribution in [-0.4, -0.2) is 12.6 Å². The molecule has 0 aromatic heterocycles. The van der Waals surface area contributed by atoms with E-state index in [2.05, 4.69) is 0 Å². The van der Waals surface area contributed by atoms with E-state index in [4.69, 9.17) is 4.74 Å². The second kappa shape index (κ2) is 7.12. The molecule has 0 atom stereocenters. The molecule has 0 aromatic carbocycles. The topological polar surface area (TPSA) is 26.3 Å². The Kier molecular flexibility index (Phi) is 5.47. The Morgan fingerprint density at radius 1 is 1.16 bits per heavy atom. The lowest BCUT2D eigenvalue weighted by atomic mass is 9.63. The van der Waals surface area contributed by atoms with Gasteiger partial charge in [-0.05, 0) is 63.2 Å². The van der Waals surface area contributed by atoms with Crippen LogP contribution in [0.3, 0.4) is 0 Å². The molecule has 2 saturated carbocycles. The molecular formula is C17H28O2. The SMILES string of the molecule is CCOC(=O)/C=C/CC1CCC2(CCCCC2)CC1. The molecule has 0 saturated heterocycles. The number of hydrogen-bond acceptors (Lipinski definition) is 2. The number of allylic oxidation sites excluding steroid dienone is 1. The Hall–Kier alpha value is -0.790. The van der Waals surface area contributed by atoms with Gasteiger partial charge >= 0.3 is 5.97 Å². The van der Waals surface area contributed by atoms with Crippen molar-refractivity contribution in [2.45, 2.75) is 71.1 Å². The minimum absolute atomic E-state index is 0.193. The van der Waals surface area contributed by atoms with Crippen LogP contribution in [0.25, 0.3) is 0 Å². The molecule has 2 heteroatoms. The van der Waals surface area contributed by atoms with Crippen LogP contribution >= 0.6 is 0 Å². The van der Waals surface area contributed by atoms with Crippen LogP contribution in [0.4, 0.5) is 0 Å². The van der Waals surface area contributed by atoms with Gasteiger partial charge in [-0.15, -0.1) is 0 Å². The fraction of sp³-hybridized carbons (Fsp3) is 0.824. The van der Waals surface area contributed by atoms with E-state index in [0.29, 0.717) is 12.0 Å². The fourth-order valence-electron chi connectivity index (χ4n) is 3.87. The van der Waals surface area contributed by atoms with E-state index in [1.54, 1.807) is 6.08 Å². The quantitative estimate of drug-likeness (QED) is 0.546. The van der Waals surface area contributed by atoms with Crippen LogP contribution in [0.15, 0.2) is 12.2 Å². The molecule has 0 bridgehead atoms. The van der Waals surface area contributed by atoms with Crippen molar-refractivity contribution in [1.82, 2.24) is 0 Å². The third-order valence-corrected chi connectivity index (χ3v) is 5.09. The standard InChI is InChI=1S/C17H28O2/c1-2-19-16(18)8-6-7-15-9-13-17(14-10-15)11-4-3-5-12-17/h6,8,15H,2-5,7,9-14H2,1H3/b8-6+. The Balaban J connectivity index is 1.70. The highest BCUT2D eigenvalue weighted by molar-refractivity contribution is 5.81. The second-order valence-electron chi connectivity index (χ2n) is 6.39. The van der Waals surface area contributed by atoms with Crippen molar-refractivity contribution in [2.24, 2.45) is 11.3 Å². The maximum absolute atomic E-state index is 11.2. The highest BCUT2D eigenvalue weighted by atomic mass is 16.5. The average molecular weight is 264 g/mol. The molecule has 0 N–H and O–H groups in total. The van der Waals surface area contributed by atoms with Gasteiger partial charge in [0.15, 0.2) is 0 Å². The lowest BCUT2D eigenvalue weighted by Gasteiger charge is -2.43. The molecule has 19 heavy (non-hydrogen) atoms. The highest BCUT2D eigenvalue weighted by Crippen LogP contribution is 2.49. The minimum atomic E-state index is -0.193. The van der Waals surface area contributed by atoms with E-state index in [1.165, 1.54) is 57.8 Å². The highest BCUT2D eigenvalue weighted by Gasteiger charge is 2.35. The average Bonchev–Trinajstić information content (AvgIpc) is 2.43. The van der Waals surface area contributed by atoms with E-state index in [-0.39, 0.29) is 5.97 Å². The molecule has 1 spiro atoms. The van der Waals surface area contributed by atoms with E-state index in [0.717, 1.165) is 12.3 Å². The summed E-state index contributed by atoms with van der Waals surface area (Å²) in [5, 5.41) is 0. The maximum Gasteiger partial charge on any atom is 0.330 e. The van der Waals surface area contributed by atoms with Gasteiger partial charge in [0.05, 0.1) is 6.61 Å². The summed E-state index contributed by atoms with van der Waals surface area (Å²) < 4.78 is 4.90. The van der Waals surface area contributed by atoms with Crippen LogP contribution in [0.2, 0.25) is 0 Å². The number of hydrogen-bond donors (Lipinski definition) is 0. The van der Waals surface area contributed by atoms with Crippen molar-refractivity contribution in [2.75, 3.05) is 6.61 Å². The van der Waals surface area contributed by atoms with Gasteiger partial charge in [-0.25, -0.2) is 4.79 Å². The number of carbonyl (C=O) groups is 1. The van der Waals surface area contributed by atoms with Crippen LogP contribution in [-0.2, 0) is 9.53 Å². The summed E-state index contributed by atoms with van der Waals surface area (Å²) in [6, 6.07) is 0. The third kappa shape index (κ3) is 4.36. The predicted octanol–water partition coefficient (Wildman–Crippen LogP) is 4.64. The summed E-state index contributed by atoms with van der Waals surface area (Å²) in [6.07, 6.45) is 17.5. The van der Waals surface area contributed by atoms with Crippen molar-refractivity contribution >= 4 is 5.97 Å². The van der Waals surface area contributed by atoms with Crippen LogP contribution in [0, 0.1) is 11.3 Å². The Morgan fingerprint density at radius 3 is 2.47 bits per heavy atom. The van der Waals surface area contributed by atoms with Crippen LogP contribution in [0.5, 0.6) is 0 Å². The van der Waals surface area contributed by atoms with E-state index in [9.17, 15) is 4.79 Å². The lowest BCUT2D eigenvalue weighted by molar-refractivity contribution is -0.137. The van der Waals surface area contributed by atoms with Crippen molar-refractivity contribution in [3.63, 3.8) is 0 Å². The van der Waals surface area contributed by atoms with Gasteiger partial charge in [0.1, 0.15) is 0 Å². The summed E-state index contributed by atoms with van der Waals surface area (Å²) >= 11 is 0. The van der Waals surface area contributed by atoms with Crippen LogP contribution in [0.1, 0.15) is 71.1 Å². The first-order valence-electron chi connectivity index (χ1n) is 8.07. The first kappa shape index (κ1) is 14.6. The fourth-order valence-corrected chi connectivity index (χ4v) is 3.87. The second-order valence-corrected chi connectivity index (χ2v) is 6.39. The molecule has 108 valence electrons. The van der Waals surface area contributed by atoms with E-state index >= 15 is 0 Å². The molecular weight excluding hydrogens is 236 g/mol. The van der Waals surface area contributed by atoms with E-state index in [1.807, 2.05) is 13.0 Å². The maximum atomic E-state index is 11.2. The number of rotatable bonds is 4. The molecule has 2 rings (SSSR count). The molecule has 0 aromatic rings. The Labute approximate surface area is 117 Å². The third-order valence-electron chi connectivity index (χ3n) is 5.09. The summed E-state index contributed by atoms with van der Waals surface area (Å²) in [5.74, 6) is 0.597. The lowest BCUT2D eigenvalue weighted by Crippen LogP contribution is -2.29. The monoisotopic (exact) mass is 264 g/mol. The molecule has 0 aliphatic heterocycles. The van der Waals surface area contributed by atoms with Gasteiger partial charge in [-0.3, -0.25) is 0 Å². The van der Waals surface area contributed by atoms with Gasteiger partial charge in [0, 0.05) is 6.08 Å². The number of carbonyl (C=O) groups excluding carboxylic acids is 1. The summed E-state index contributed by atoms with van der Waals surface area (Å²) in [4.78, 5) is 11.2. The summed E-state index contributed by atoms with van der Waals surface area (Å²) in [7, 11) is 0. The molecule has 2 nitrogen and oxygen atoms in total. The number of esters is 1. The Morgan fingerprint density at radius 2 is 1.84 bits per heavy atom. The van der Waals surface area contributed by atoms with Crippen LogP contribution < -0.4 is 0 Å². The molecule has 0 heterocycles. The molecule has 0 radical (unpaired) electrons. The largest absolute Gasteiger partial charge is 0.463 e. The van der Waals surface area contributed by atoms with E-state index < -0.39 is 0 Å². The van der Waals surface area contributed by atoms with Crippen molar-refractivity contribution < 1.29 is 9.53 Å². The first-order chi connectivity index (χ1) is 9.24.